The average molecular weight is 422 g/mol. The highest BCUT2D eigenvalue weighted by Crippen LogP contribution is 2.29. The van der Waals surface area contributed by atoms with E-state index in [2.05, 4.69) is 34.6 Å². The Hall–Kier alpha value is -1.38. The van der Waals surface area contributed by atoms with Gasteiger partial charge in [0.1, 0.15) is 12.7 Å². The van der Waals surface area contributed by atoms with Gasteiger partial charge in [0, 0.05) is 58.4 Å². The lowest BCUT2D eigenvalue weighted by Gasteiger charge is -2.37. The second-order valence-electron chi connectivity index (χ2n) is 8.89. The molecule has 0 bridgehead atoms. The topological polar surface area (TPSA) is 68.6 Å². The maximum atomic E-state index is 10.3. The van der Waals surface area contributed by atoms with Crippen LogP contribution >= 0.6 is 0 Å². The molecular formula is C23H39N3O4. The molecule has 0 aromatic heterocycles. The van der Waals surface area contributed by atoms with E-state index in [1.54, 1.807) is 7.11 Å². The van der Waals surface area contributed by atoms with Crippen molar-refractivity contribution in [2.45, 2.75) is 51.5 Å². The molecule has 7 heteroatoms. The van der Waals surface area contributed by atoms with Gasteiger partial charge >= 0.3 is 0 Å². The number of likely N-dealkylation sites (tertiary alicyclic amines) is 1. The predicted octanol–water partition coefficient (Wildman–Crippen LogP) is 1.42. The van der Waals surface area contributed by atoms with E-state index >= 15 is 0 Å². The van der Waals surface area contributed by atoms with Crippen molar-refractivity contribution in [3.8, 4) is 11.5 Å². The van der Waals surface area contributed by atoms with E-state index in [1.165, 1.54) is 5.56 Å². The summed E-state index contributed by atoms with van der Waals surface area (Å²) in [6.07, 6.45) is 0.781. The Morgan fingerprint density at radius 2 is 1.70 bits per heavy atom. The van der Waals surface area contributed by atoms with Gasteiger partial charge in [-0.1, -0.05) is 6.07 Å². The van der Waals surface area contributed by atoms with Crippen LogP contribution in [-0.2, 0) is 6.54 Å². The van der Waals surface area contributed by atoms with Gasteiger partial charge in [0.05, 0.1) is 13.2 Å². The summed E-state index contributed by atoms with van der Waals surface area (Å²) in [6, 6.07) is 6.69. The smallest absolute Gasteiger partial charge is 0.161 e. The minimum absolute atomic E-state index is 0.198. The van der Waals surface area contributed by atoms with E-state index in [0.29, 0.717) is 24.1 Å². The third-order valence-corrected chi connectivity index (χ3v) is 6.23. The first-order chi connectivity index (χ1) is 14.4. The van der Waals surface area contributed by atoms with Crippen molar-refractivity contribution in [1.29, 1.82) is 0 Å². The van der Waals surface area contributed by atoms with Crippen molar-refractivity contribution in [3.63, 3.8) is 0 Å². The number of benzene rings is 1. The molecular weight excluding hydrogens is 382 g/mol. The first-order valence-corrected chi connectivity index (χ1v) is 11.3. The van der Waals surface area contributed by atoms with Crippen molar-refractivity contribution < 1.29 is 19.7 Å². The number of hydrogen-bond acceptors (Lipinski definition) is 7. The van der Waals surface area contributed by atoms with Crippen LogP contribution in [0.25, 0.3) is 0 Å². The fourth-order valence-electron chi connectivity index (χ4n) is 4.26. The quantitative estimate of drug-likeness (QED) is 0.625. The Bertz CT molecular complexity index is 641. The first kappa shape index (κ1) is 23.3. The fraction of sp³-hybridized carbons (Fsp3) is 0.739. The second kappa shape index (κ2) is 11.3. The van der Waals surface area contributed by atoms with Crippen molar-refractivity contribution in [1.82, 2.24) is 14.7 Å². The molecule has 0 aliphatic carbocycles. The normalized spacial score (nSPS) is 21.1. The Morgan fingerprint density at radius 1 is 1.00 bits per heavy atom. The predicted molar refractivity (Wildman–Crippen MR) is 118 cm³/mol. The zero-order chi connectivity index (χ0) is 21.5. The lowest BCUT2D eigenvalue weighted by Crippen LogP contribution is -2.48. The van der Waals surface area contributed by atoms with Gasteiger partial charge in [-0.2, -0.15) is 0 Å². The summed E-state index contributed by atoms with van der Waals surface area (Å²) in [5.41, 5.74) is 1.21. The van der Waals surface area contributed by atoms with E-state index in [4.69, 9.17) is 9.47 Å². The van der Waals surface area contributed by atoms with Gasteiger partial charge in [0.15, 0.2) is 11.5 Å². The number of rotatable bonds is 9. The summed E-state index contributed by atoms with van der Waals surface area (Å²) in [4.78, 5) is 7.18. The van der Waals surface area contributed by atoms with Crippen molar-refractivity contribution in [2.24, 2.45) is 0 Å². The lowest BCUT2D eigenvalue weighted by molar-refractivity contribution is 0.0333. The number of piperidine rings is 1. The summed E-state index contributed by atoms with van der Waals surface area (Å²) in [5.74, 6) is 1.38. The summed E-state index contributed by atoms with van der Waals surface area (Å²) in [5, 5.41) is 19.9. The molecule has 1 aromatic rings. The highest BCUT2D eigenvalue weighted by molar-refractivity contribution is 5.43. The summed E-state index contributed by atoms with van der Waals surface area (Å²) in [6.45, 7) is 12.3. The van der Waals surface area contributed by atoms with Crippen molar-refractivity contribution in [3.05, 3.63) is 23.8 Å². The second-order valence-corrected chi connectivity index (χ2v) is 8.89. The average Bonchev–Trinajstić information content (AvgIpc) is 2.74. The molecule has 1 unspecified atom stereocenters. The minimum Gasteiger partial charge on any atom is -0.493 e. The number of aliphatic hydroxyl groups excluding tert-OH is 2. The van der Waals surface area contributed by atoms with E-state index in [9.17, 15) is 10.2 Å². The van der Waals surface area contributed by atoms with E-state index < -0.39 is 6.10 Å². The molecule has 2 fully saturated rings. The largest absolute Gasteiger partial charge is 0.493 e. The van der Waals surface area contributed by atoms with E-state index in [1.807, 2.05) is 12.1 Å². The zero-order valence-corrected chi connectivity index (χ0v) is 18.8. The molecule has 30 heavy (non-hydrogen) atoms. The maximum absolute atomic E-state index is 10.3. The van der Waals surface area contributed by atoms with Crippen LogP contribution in [0.1, 0.15) is 32.3 Å². The van der Waals surface area contributed by atoms with Gasteiger partial charge in [-0.05, 0) is 44.4 Å². The zero-order valence-electron chi connectivity index (χ0n) is 18.8. The highest BCUT2D eigenvalue weighted by atomic mass is 16.5. The van der Waals surface area contributed by atoms with Crippen LogP contribution in [0.4, 0.5) is 0 Å². The first-order valence-electron chi connectivity index (χ1n) is 11.3. The van der Waals surface area contributed by atoms with Crippen molar-refractivity contribution >= 4 is 0 Å². The van der Waals surface area contributed by atoms with Crippen LogP contribution in [0.3, 0.4) is 0 Å². The van der Waals surface area contributed by atoms with Gasteiger partial charge < -0.3 is 24.6 Å². The summed E-state index contributed by atoms with van der Waals surface area (Å²) < 4.78 is 11.4. The third-order valence-electron chi connectivity index (χ3n) is 6.23. The van der Waals surface area contributed by atoms with Crippen LogP contribution in [0, 0.1) is 0 Å². The lowest BCUT2D eigenvalue weighted by atomic mass is 10.1. The maximum Gasteiger partial charge on any atom is 0.161 e. The number of piperazine rings is 1. The molecule has 2 saturated heterocycles. The molecule has 1 aromatic carbocycles. The number of nitrogens with zero attached hydrogens (tertiary/aromatic N) is 3. The highest BCUT2D eigenvalue weighted by Gasteiger charge is 2.21. The monoisotopic (exact) mass is 421 g/mol. The molecule has 170 valence electrons. The van der Waals surface area contributed by atoms with Gasteiger partial charge in [0.2, 0.25) is 0 Å². The number of ether oxygens (including phenoxy) is 2. The molecule has 2 heterocycles. The molecule has 0 amide bonds. The van der Waals surface area contributed by atoms with E-state index in [0.717, 1.165) is 58.7 Å². The van der Waals surface area contributed by atoms with Crippen LogP contribution < -0.4 is 9.47 Å². The number of hydrogen-bond donors (Lipinski definition) is 2. The van der Waals surface area contributed by atoms with Crippen LogP contribution in [0.15, 0.2) is 18.2 Å². The Labute approximate surface area is 181 Å². The van der Waals surface area contributed by atoms with Crippen LogP contribution in [-0.4, -0.2) is 103 Å². The number of aliphatic hydroxyl groups is 2. The Kier molecular flexibility index (Phi) is 8.77. The Morgan fingerprint density at radius 3 is 2.33 bits per heavy atom. The molecule has 0 radical (unpaired) electrons. The number of methoxy groups -OCH3 is 1. The molecule has 0 spiro atoms. The van der Waals surface area contributed by atoms with Gasteiger partial charge in [0.25, 0.3) is 0 Å². The Balaban J connectivity index is 1.47. The van der Waals surface area contributed by atoms with Gasteiger partial charge in [-0.3, -0.25) is 9.80 Å². The number of β-amino-alcohol motifs (C(OH)–C–C–N with tert-alkyl or cyclic N) is 1. The molecule has 3 rings (SSSR count). The third kappa shape index (κ3) is 6.82. The minimum atomic E-state index is -0.568. The molecule has 2 N–H and O–H groups in total. The van der Waals surface area contributed by atoms with Gasteiger partial charge in [-0.25, -0.2) is 0 Å². The fourth-order valence-corrected chi connectivity index (χ4v) is 4.26. The SMILES string of the molecule is COc1cc(CN2CCN(C(C)C)CC2)ccc1OCC(O)CN1CCC(O)CC1. The van der Waals surface area contributed by atoms with Crippen LogP contribution in [0.2, 0.25) is 0 Å². The molecule has 7 nitrogen and oxygen atoms in total. The summed E-state index contributed by atoms with van der Waals surface area (Å²) in [7, 11) is 1.66. The summed E-state index contributed by atoms with van der Waals surface area (Å²) >= 11 is 0. The molecule has 2 aliphatic rings. The molecule has 1 atom stereocenters. The van der Waals surface area contributed by atoms with E-state index in [-0.39, 0.29) is 12.7 Å². The molecule has 2 aliphatic heterocycles. The van der Waals surface area contributed by atoms with Gasteiger partial charge in [-0.15, -0.1) is 0 Å². The van der Waals surface area contributed by atoms with Crippen molar-refractivity contribution in [2.75, 3.05) is 59.5 Å². The standard InChI is InChI=1S/C23H39N3O4/c1-18(2)26-12-10-25(11-13-26)15-19-4-5-22(23(14-19)29-3)30-17-21(28)16-24-8-6-20(27)7-9-24/h4-5,14,18,20-21,27-28H,6-13,15-17H2,1-3H3. The molecule has 0 saturated carbocycles. The van der Waals surface area contributed by atoms with Crippen LogP contribution in [0.5, 0.6) is 11.5 Å².